The molecule has 0 saturated carbocycles. The van der Waals surface area contributed by atoms with Crippen molar-refractivity contribution in [1.82, 2.24) is 0 Å². The van der Waals surface area contributed by atoms with E-state index in [1.807, 2.05) is 0 Å². The molecule has 3 unspecified atom stereocenters. The molecular weight excluding hydrogens is 228 g/mol. The molecule has 0 aromatic carbocycles. The third-order valence-electron chi connectivity index (χ3n) is 3.54. The molecule has 0 aliphatic carbocycles. The maximum atomic E-state index is 5.90. The molecule has 0 aromatic rings. The van der Waals surface area contributed by atoms with E-state index in [0.29, 0.717) is 12.0 Å². The fourth-order valence-electron chi connectivity index (χ4n) is 2.44. The predicted molar refractivity (Wildman–Crippen MR) is 73.9 cm³/mol. The minimum Gasteiger partial charge on any atom is -0.376 e. The van der Waals surface area contributed by atoms with Crippen LogP contribution in [0.15, 0.2) is 0 Å². The molecule has 1 fully saturated rings. The van der Waals surface area contributed by atoms with Crippen LogP contribution in [0.5, 0.6) is 0 Å². The molecule has 0 bridgehead atoms. The maximum absolute atomic E-state index is 5.90. The van der Waals surface area contributed by atoms with Crippen LogP contribution < -0.4 is 0 Å². The first-order valence-electron chi connectivity index (χ1n) is 7.24. The Morgan fingerprint density at radius 1 is 1.22 bits per heavy atom. The van der Waals surface area contributed by atoms with E-state index in [0.717, 1.165) is 19.4 Å². The third kappa shape index (κ3) is 5.25. The molecule has 1 rings (SSSR count). The first-order valence-corrected chi connectivity index (χ1v) is 7.24. The van der Waals surface area contributed by atoms with E-state index in [1.54, 1.807) is 7.11 Å². The van der Waals surface area contributed by atoms with Crippen molar-refractivity contribution in [2.75, 3.05) is 20.3 Å². The molecule has 0 radical (unpaired) electrons. The zero-order valence-corrected chi connectivity index (χ0v) is 12.7. The van der Waals surface area contributed by atoms with E-state index in [-0.39, 0.29) is 18.3 Å². The molecule has 0 N–H and O–H groups in total. The number of methoxy groups -OCH3 is 1. The van der Waals surface area contributed by atoms with Gasteiger partial charge < -0.3 is 14.2 Å². The Morgan fingerprint density at radius 2 is 1.94 bits per heavy atom. The van der Waals surface area contributed by atoms with Crippen molar-refractivity contribution in [1.29, 1.82) is 0 Å². The van der Waals surface area contributed by atoms with Gasteiger partial charge >= 0.3 is 0 Å². The smallest absolute Gasteiger partial charge is 0.112 e. The van der Waals surface area contributed by atoms with E-state index in [2.05, 4.69) is 27.7 Å². The predicted octanol–water partition coefficient (Wildman–Crippen LogP) is 3.41. The van der Waals surface area contributed by atoms with Gasteiger partial charge in [-0.25, -0.2) is 0 Å². The Kier molecular flexibility index (Phi) is 6.61. The average Bonchev–Trinajstić information content (AvgIpc) is 2.69. The summed E-state index contributed by atoms with van der Waals surface area (Å²) in [7, 11) is 1.75. The van der Waals surface area contributed by atoms with Gasteiger partial charge in [0.2, 0.25) is 0 Å². The zero-order valence-electron chi connectivity index (χ0n) is 12.7. The van der Waals surface area contributed by atoms with Crippen molar-refractivity contribution in [3.05, 3.63) is 0 Å². The van der Waals surface area contributed by atoms with E-state index in [1.165, 1.54) is 12.8 Å². The lowest BCUT2D eigenvalue weighted by Gasteiger charge is -2.21. The van der Waals surface area contributed by atoms with Crippen molar-refractivity contribution in [2.24, 2.45) is 5.41 Å². The summed E-state index contributed by atoms with van der Waals surface area (Å²) in [5.41, 5.74) is 0.429. The molecule has 1 heterocycles. The largest absolute Gasteiger partial charge is 0.376 e. The quantitative estimate of drug-likeness (QED) is 0.655. The highest BCUT2D eigenvalue weighted by molar-refractivity contribution is 4.84. The lowest BCUT2D eigenvalue weighted by molar-refractivity contribution is -0.0426. The molecule has 18 heavy (non-hydrogen) atoms. The number of unbranched alkanes of at least 4 members (excludes halogenated alkanes) is 1. The monoisotopic (exact) mass is 258 g/mol. The van der Waals surface area contributed by atoms with Crippen LogP contribution >= 0.6 is 0 Å². The fraction of sp³-hybridized carbons (Fsp3) is 1.00. The average molecular weight is 258 g/mol. The Balaban J connectivity index is 2.16. The number of hydrogen-bond acceptors (Lipinski definition) is 3. The molecule has 3 nitrogen and oxygen atoms in total. The summed E-state index contributed by atoms with van der Waals surface area (Å²) in [5.74, 6) is 0. The standard InChI is InChI=1S/C15H30O3/c1-6-12-14(16-5)13(11-18-12)17-10-8-7-9-15(2,3)4/h12-14H,6-11H2,1-5H3. The molecule has 3 atom stereocenters. The molecule has 1 aliphatic rings. The molecule has 0 spiro atoms. The van der Waals surface area contributed by atoms with Crippen LogP contribution in [0.25, 0.3) is 0 Å². The van der Waals surface area contributed by atoms with Crippen LogP contribution in [0.1, 0.15) is 53.4 Å². The second-order valence-electron chi connectivity index (χ2n) is 6.41. The summed E-state index contributed by atoms with van der Waals surface area (Å²) in [6.45, 7) is 10.5. The van der Waals surface area contributed by atoms with E-state index >= 15 is 0 Å². The van der Waals surface area contributed by atoms with Crippen molar-refractivity contribution < 1.29 is 14.2 Å². The van der Waals surface area contributed by atoms with E-state index in [4.69, 9.17) is 14.2 Å². The lowest BCUT2D eigenvalue weighted by Crippen LogP contribution is -2.34. The van der Waals surface area contributed by atoms with Crippen LogP contribution in [-0.4, -0.2) is 38.6 Å². The van der Waals surface area contributed by atoms with Gasteiger partial charge in [0, 0.05) is 13.7 Å². The van der Waals surface area contributed by atoms with Crippen molar-refractivity contribution in [3.8, 4) is 0 Å². The van der Waals surface area contributed by atoms with Gasteiger partial charge in [0.15, 0.2) is 0 Å². The van der Waals surface area contributed by atoms with Crippen LogP contribution in [0, 0.1) is 5.41 Å². The summed E-state index contributed by atoms with van der Waals surface area (Å²) in [4.78, 5) is 0. The maximum Gasteiger partial charge on any atom is 0.112 e. The molecular formula is C15H30O3. The summed E-state index contributed by atoms with van der Waals surface area (Å²) < 4.78 is 17.1. The Morgan fingerprint density at radius 3 is 2.50 bits per heavy atom. The summed E-state index contributed by atoms with van der Waals surface area (Å²) in [6.07, 6.45) is 5.03. The normalized spacial score (nSPS) is 28.8. The molecule has 1 saturated heterocycles. The van der Waals surface area contributed by atoms with Crippen molar-refractivity contribution >= 4 is 0 Å². The Bertz CT molecular complexity index is 222. The first kappa shape index (κ1) is 15.9. The molecule has 108 valence electrons. The minimum absolute atomic E-state index is 0.109. The molecule has 3 heteroatoms. The molecule has 0 aromatic heterocycles. The van der Waals surface area contributed by atoms with Crippen molar-refractivity contribution in [2.45, 2.75) is 71.7 Å². The summed E-state index contributed by atoms with van der Waals surface area (Å²) in [6, 6.07) is 0. The molecule has 0 amide bonds. The van der Waals surface area contributed by atoms with Crippen LogP contribution in [0.3, 0.4) is 0 Å². The van der Waals surface area contributed by atoms with Gasteiger partial charge in [-0.3, -0.25) is 0 Å². The van der Waals surface area contributed by atoms with Gasteiger partial charge in [-0.15, -0.1) is 0 Å². The molecule has 1 aliphatic heterocycles. The van der Waals surface area contributed by atoms with E-state index in [9.17, 15) is 0 Å². The van der Waals surface area contributed by atoms with Gasteiger partial charge in [0.05, 0.1) is 12.7 Å². The van der Waals surface area contributed by atoms with Gasteiger partial charge in [-0.2, -0.15) is 0 Å². The Hall–Kier alpha value is -0.120. The topological polar surface area (TPSA) is 27.7 Å². The van der Waals surface area contributed by atoms with Gasteiger partial charge in [0.1, 0.15) is 12.2 Å². The fourth-order valence-corrected chi connectivity index (χ4v) is 2.44. The zero-order chi connectivity index (χ0) is 13.6. The van der Waals surface area contributed by atoms with E-state index < -0.39 is 0 Å². The van der Waals surface area contributed by atoms with Crippen LogP contribution in [-0.2, 0) is 14.2 Å². The number of hydrogen-bond donors (Lipinski definition) is 0. The highest BCUT2D eigenvalue weighted by Crippen LogP contribution is 2.24. The lowest BCUT2D eigenvalue weighted by atomic mass is 9.90. The van der Waals surface area contributed by atoms with Gasteiger partial charge in [-0.05, 0) is 24.7 Å². The van der Waals surface area contributed by atoms with Crippen LogP contribution in [0.4, 0.5) is 0 Å². The second-order valence-corrected chi connectivity index (χ2v) is 6.41. The number of rotatable bonds is 7. The highest BCUT2D eigenvalue weighted by atomic mass is 16.6. The van der Waals surface area contributed by atoms with Crippen molar-refractivity contribution in [3.63, 3.8) is 0 Å². The highest BCUT2D eigenvalue weighted by Gasteiger charge is 2.36. The number of ether oxygens (including phenoxy) is 3. The summed E-state index contributed by atoms with van der Waals surface area (Å²) in [5, 5.41) is 0. The second kappa shape index (κ2) is 7.46. The van der Waals surface area contributed by atoms with Gasteiger partial charge in [-0.1, -0.05) is 34.1 Å². The third-order valence-corrected chi connectivity index (χ3v) is 3.54. The minimum atomic E-state index is 0.109. The Labute approximate surface area is 112 Å². The van der Waals surface area contributed by atoms with Gasteiger partial charge in [0.25, 0.3) is 0 Å². The summed E-state index contributed by atoms with van der Waals surface area (Å²) >= 11 is 0. The first-order chi connectivity index (χ1) is 8.48. The van der Waals surface area contributed by atoms with Crippen LogP contribution in [0.2, 0.25) is 0 Å². The SMILES string of the molecule is CCC1OCC(OCCCCC(C)(C)C)C1OC.